The number of nitrogens with zero attached hydrogens (tertiary/aromatic N) is 1. The van der Waals surface area contributed by atoms with Gasteiger partial charge < -0.3 is 4.98 Å². The quantitative estimate of drug-likeness (QED) is 0.353. The Morgan fingerprint density at radius 1 is 0.935 bits per heavy atom. The second-order valence-corrected chi connectivity index (χ2v) is 9.08. The van der Waals surface area contributed by atoms with E-state index in [1.165, 1.54) is 28.0 Å². The number of likely N-dealkylation sites (tertiary alicyclic amines) is 1. The van der Waals surface area contributed by atoms with E-state index in [4.69, 9.17) is 0 Å². The number of piperidine rings is 1. The third kappa shape index (κ3) is 4.02. The lowest BCUT2D eigenvalue weighted by atomic mass is 9.86. The van der Waals surface area contributed by atoms with Crippen molar-refractivity contribution < 1.29 is 13.2 Å². The Hall–Kier alpha value is -2.57. The van der Waals surface area contributed by atoms with Crippen molar-refractivity contribution in [2.24, 2.45) is 0 Å². The van der Waals surface area contributed by atoms with Crippen molar-refractivity contribution in [1.82, 2.24) is 9.88 Å². The molecule has 1 aliphatic rings. The number of rotatable bonds is 4. The molecular weight excluding hydrogens is 417 g/mol. The number of aromatic nitrogens is 1. The highest BCUT2D eigenvalue weighted by atomic mass is 32.1. The van der Waals surface area contributed by atoms with Crippen molar-refractivity contribution in [1.29, 1.82) is 0 Å². The largest absolute Gasteiger partial charge is 0.416 e. The third-order valence-electron chi connectivity index (χ3n) is 6.26. The van der Waals surface area contributed by atoms with Gasteiger partial charge in [-0.15, -0.1) is 11.3 Å². The number of halogens is 3. The summed E-state index contributed by atoms with van der Waals surface area (Å²) in [5, 5.41) is 3.30. The Morgan fingerprint density at radius 2 is 1.68 bits per heavy atom. The number of aromatic amines is 1. The molecule has 0 radical (unpaired) electrons. The smallest absolute Gasteiger partial charge is 0.354 e. The number of H-pyrrole nitrogens is 1. The van der Waals surface area contributed by atoms with Gasteiger partial charge in [0.25, 0.3) is 0 Å². The number of fused-ring (bicyclic) bond motifs is 1. The maximum absolute atomic E-state index is 13.4. The molecule has 0 amide bonds. The van der Waals surface area contributed by atoms with E-state index >= 15 is 0 Å². The van der Waals surface area contributed by atoms with E-state index in [1.807, 2.05) is 6.07 Å². The van der Waals surface area contributed by atoms with Crippen molar-refractivity contribution in [2.45, 2.75) is 31.5 Å². The third-order valence-corrected chi connectivity index (χ3v) is 7.14. The van der Waals surface area contributed by atoms with Crippen LogP contribution in [0.15, 0.2) is 66.0 Å². The maximum atomic E-state index is 13.4. The standard InChI is InChI=1S/C25H23F3N2S/c26-25(27,28)21-8-3-1-6-18(21)17-11-13-30(14-12-17)16-20-19-7-2-4-9-22(19)29-24(20)23-10-5-15-31-23/h1-10,15,17,29H,11-14,16H2. The van der Waals surface area contributed by atoms with Gasteiger partial charge in [0.05, 0.1) is 16.1 Å². The van der Waals surface area contributed by atoms with Gasteiger partial charge in [0.1, 0.15) is 0 Å². The summed E-state index contributed by atoms with van der Waals surface area (Å²) in [5.74, 6) is -0.0474. The van der Waals surface area contributed by atoms with E-state index in [0.717, 1.165) is 43.7 Å². The fraction of sp³-hybridized carbons (Fsp3) is 0.280. The van der Waals surface area contributed by atoms with Crippen LogP contribution in [0.2, 0.25) is 0 Å². The molecule has 0 bridgehead atoms. The lowest BCUT2D eigenvalue weighted by molar-refractivity contribution is -0.138. The van der Waals surface area contributed by atoms with Gasteiger partial charge in [-0.1, -0.05) is 42.5 Å². The predicted octanol–water partition coefficient (Wildman–Crippen LogP) is 7.29. The van der Waals surface area contributed by atoms with Crippen molar-refractivity contribution in [3.05, 3.63) is 82.7 Å². The molecule has 2 aromatic heterocycles. The number of thiophene rings is 1. The molecule has 1 fully saturated rings. The van der Waals surface area contributed by atoms with Crippen LogP contribution in [0.25, 0.3) is 21.5 Å². The van der Waals surface area contributed by atoms with Gasteiger partial charge in [-0.2, -0.15) is 13.2 Å². The first-order chi connectivity index (χ1) is 15.0. The Morgan fingerprint density at radius 3 is 2.42 bits per heavy atom. The fourth-order valence-electron chi connectivity index (χ4n) is 4.73. The van der Waals surface area contributed by atoms with Gasteiger partial charge in [-0.05, 0) is 61.0 Å². The minimum absolute atomic E-state index is 0.0474. The van der Waals surface area contributed by atoms with Crippen LogP contribution >= 0.6 is 11.3 Å². The van der Waals surface area contributed by atoms with Crippen LogP contribution in [0.3, 0.4) is 0 Å². The Labute approximate surface area is 183 Å². The molecule has 6 heteroatoms. The minimum atomic E-state index is -4.30. The summed E-state index contributed by atoms with van der Waals surface area (Å²) in [6.07, 6.45) is -2.82. The molecule has 3 heterocycles. The van der Waals surface area contributed by atoms with Gasteiger partial charge >= 0.3 is 6.18 Å². The molecular formula is C25H23F3N2S. The highest BCUT2D eigenvalue weighted by Crippen LogP contribution is 2.39. The maximum Gasteiger partial charge on any atom is 0.416 e. The van der Waals surface area contributed by atoms with Crippen LogP contribution in [0.5, 0.6) is 0 Å². The summed E-state index contributed by atoms with van der Waals surface area (Å²) in [6.45, 7) is 2.38. The van der Waals surface area contributed by atoms with Crippen molar-refractivity contribution in [3.63, 3.8) is 0 Å². The van der Waals surface area contributed by atoms with E-state index in [0.29, 0.717) is 5.56 Å². The summed E-state index contributed by atoms with van der Waals surface area (Å²) in [5.41, 5.74) is 3.51. The Balaban J connectivity index is 1.37. The molecule has 0 saturated carbocycles. The molecule has 0 spiro atoms. The lowest BCUT2D eigenvalue weighted by Gasteiger charge is -2.33. The fourth-order valence-corrected chi connectivity index (χ4v) is 5.49. The van der Waals surface area contributed by atoms with Crippen LogP contribution < -0.4 is 0 Å². The van der Waals surface area contributed by atoms with Crippen molar-refractivity contribution >= 4 is 22.2 Å². The van der Waals surface area contributed by atoms with Crippen LogP contribution in [0.1, 0.15) is 35.4 Å². The van der Waals surface area contributed by atoms with E-state index in [-0.39, 0.29) is 5.92 Å². The van der Waals surface area contributed by atoms with Gasteiger partial charge in [-0.3, -0.25) is 4.90 Å². The van der Waals surface area contributed by atoms with Gasteiger partial charge in [0.2, 0.25) is 0 Å². The molecule has 160 valence electrons. The summed E-state index contributed by atoms with van der Waals surface area (Å²) < 4.78 is 40.3. The number of nitrogens with one attached hydrogen (secondary N) is 1. The summed E-state index contributed by atoms with van der Waals surface area (Å²) >= 11 is 1.71. The van der Waals surface area contributed by atoms with Gasteiger partial charge in [-0.25, -0.2) is 0 Å². The molecule has 0 unspecified atom stereocenters. The van der Waals surface area contributed by atoms with Gasteiger partial charge in [0, 0.05) is 23.0 Å². The minimum Gasteiger partial charge on any atom is -0.354 e. The van der Waals surface area contributed by atoms with Crippen LogP contribution in [-0.4, -0.2) is 23.0 Å². The molecule has 5 rings (SSSR count). The first-order valence-electron chi connectivity index (χ1n) is 10.5. The average molecular weight is 441 g/mol. The van der Waals surface area contributed by atoms with Crippen LogP contribution in [-0.2, 0) is 12.7 Å². The SMILES string of the molecule is FC(F)(F)c1ccccc1C1CCN(Cc2c(-c3cccs3)[nH]c3ccccc23)CC1. The average Bonchev–Trinajstić information content (AvgIpc) is 3.42. The second kappa shape index (κ2) is 8.17. The zero-order valence-electron chi connectivity index (χ0n) is 17.0. The zero-order chi connectivity index (χ0) is 21.4. The first-order valence-corrected chi connectivity index (χ1v) is 11.4. The number of benzene rings is 2. The molecule has 0 atom stereocenters. The summed E-state index contributed by atoms with van der Waals surface area (Å²) in [4.78, 5) is 7.16. The first kappa shape index (κ1) is 20.3. The highest BCUT2D eigenvalue weighted by Gasteiger charge is 2.35. The van der Waals surface area contributed by atoms with Crippen molar-refractivity contribution in [3.8, 4) is 10.6 Å². The topological polar surface area (TPSA) is 19.0 Å². The van der Waals surface area contributed by atoms with Crippen LogP contribution in [0, 0.1) is 0 Å². The molecule has 31 heavy (non-hydrogen) atoms. The molecule has 4 aromatic rings. The Bertz CT molecular complexity index is 1170. The van der Waals surface area contributed by atoms with E-state index in [9.17, 15) is 13.2 Å². The summed E-state index contributed by atoms with van der Waals surface area (Å²) in [6, 6.07) is 18.6. The van der Waals surface area contributed by atoms with Crippen molar-refractivity contribution in [2.75, 3.05) is 13.1 Å². The summed E-state index contributed by atoms with van der Waals surface area (Å²) in [7, 11) is 0. The van der Waals surface area contributed by atoms with Crippen LogP contribution in [0.4, 0.5) is 13.2 Å². The van der Waals surface area contributed by atoms with E-state index < -0.39 is 11.7 Å². The second-order valence-electron chi connectivity index (χ2n) is 8.14. The molecule has 2 nitrogen and oxygen atoms in total. The predicted molar refractivity (Wildman–Crippen MR) is 120 cm³/mol. The van der Waals surface area contributed by atoms with Gasteiger partial charge in [0.15, 0.2) is 0 Å². The lowest BCUT2D eigenvalue weighted by Crippen LogP contribution is -2.33. The number of alkyl halides is 3. The number of para-hydroxylation sites is 1. The van der Waals surface area contributed by atoms with E-state index in [1.54, 1.807) is 23.5 Å². The molecule has 1 N–H and O–H groups in total. The molecule has 0 aliphatic carbocycles. The number of hydrogen-bond donors (Lipinski definition) is 1. The molecule has 2 aromatic carbocycles. The van der Waals surface area contributed by atoms with E-state index in [2.05, 4.69) is 45.6 Å². The normalized spacial score (nSPS) is 16.2. The number of hydrogen-bond acceptors (Lipinski definition) is 2. The highest BCUT2D eigenvalue weighted by molar-refractivity contribution is 7.13. The molecule has 1 saturated heterocycles. The Kier molecular flexibility index (Phi) is 5.36. The molecule has 1 aliphatic heterocycles. The zero-order valence-corrected chi connectivity index (χ0v) is 17.8. The monoisotopic (exact) mass is 440 g/mol.